The number of aromatic amines is 1. The SMILES string of the molecule is CCOC(=O)c1[nH]c2cc(OC)c(OC)cc2c1NC(=O)CN1CCC[C@H](C(=O)OCC)C1. The minimum Gasteiger partial charge on any atom is -0.493 e. The maximum absolute atomic E-state index is 12.9. The molecule has 1 atom stereocenters. The van der Waals surface area contributed by atoms with Gasteiger partial charge >= 0.3 is 11.9 Å². The van der Waals surface area contributed by atoms with E-state index in [0.29, 0.717) is 47.8 Å². The molecule has 2 aromatic rings. The van der Waals surface area contributed by atoms with Crippen LogP contribution in [0, 0.1) is 5.92 Å². The highest BCUT2D eigenvalue weighted by Crippen LogP contribution is 2.37. The normalized spacial score (nSPS) is 16.3. The molecule has 0 bridgehead atoms. The van der Waals surface area contributed by atoms with E-state index >= 15 is 0 Å². The molecule has 1 saturated heterocycles. The Bertz CT molecular complexity index is 1020. The van der Waals surface area contributed by atoms with Gasteiger partial charge in [-0.3, -0.25) is 14.5 Å². The highest BCUT2D eigenvalue weighted by molar-refractivity contribution is 6.11. The van der Waals surface area contributed by atoms with Crippen molar-refractivity contribution in [1.82, 2.24) is 9.88 Å². The van der Waals surface area contributed by atoms with Crippen LogP contribution in [0.2, 0.25) is 0 Å². The third-order valence-electron chi connectivity index (χ3n) is 5.54. The molecule has 1 aromatic carbocycles. The molecule has 0 unspecified atom stereocenters. The van der Waals surface area contributed by atoms with Crippen molar-refractivity contribution in [3.63, 3.8) is 0 Å². The first-order valence-corrected chi connectivity index (χ1v) is 11.0. The number of methoxy groups -OCH3 is 2. The molecule has 0 aliphatic carbocycles. The lowest BCUT2D eigenvalue weighted by Crippen LogP contribution is -2.43. The van der Waals surface area contributed by atoms with E-state index in [0.717, 1.165) is 12.8 Å². The van der Waals surface area contributed by atoms with Gasteiger partial charge in [-0.1, -0.05) is 0 Å². The topological polar surface area (TPSA) is 119 Å². The van der Waals surface area contributed by atoms with Crippen LogP contribution in [0.5, 0.6) is 11.5 Å². The summed E-state index contributed by atoms with van der Waals surface area (Å²) in [5.74, 6) is -0.416. The number of hydrogen-bond donors (Lipinski definition) is 2. The number of fused-ring (bicyclic) bond motifs is 1. The van der Waals surface area contributed by atoms with Crippen molar-refractivity contribution in [3.8, 4) is 11.5 Å². The number of anilines is 1. The van der Waals surface area contributed by atoms with Crippen LogP contribution in [0.25, 0.3) is 10.9 Å². The van der Waals surface area contributed by atoms with Crippen LogP contribution in [-0.2, 0) is 19.1 Å². The lowest BCUT2D eigenvalue weighted by atomic mass is 9.98. The number of nitrogens with one attached hydrogen (secondary N) is 2. The Hall–Kier alpha value is -3.27. The molecule has 10 heteroatoms. The highest BCUT2D eigenvalue weighted by Gasteiger charge is 2.29. The number of ether oxygens (including phenoxy) is 4. The van der Waals surface area contributed by atoms with Crippen LogP contribution in [0.3, 0.4) is 0 Å². The molecule has 1 aliphatic heterocycles. The summed E-state index contributed by atoms with van der Waals surface area (Å²) in [4.78, 5) is 42.5. The number of carbonyl (C=O) groups excluding carboxylic acids is 3. The van der Waals surface area contributed by atoms with Gasteiger partial charge in [-0.2, -0.15) is 0 Å². The molecule has 180 valence electrons. The van der Waals surface area contributed by atoms with E-state index in [-0.39, 0.29) is 36.6 Å². The number of nitrogens with zero attached hydrogens (tertiary/aromatic N) is 1. The van der Waals surface area contributed by atoms with E-state index < -0.39 is 5.97 Å². The quantitative estimate of drug-likeness (QED) is 0.547. The molecule has 10 nitrogen and oxygen atoms in total. The Balaban J connectivity index is 1.84. The number of likely N-dealkylation sites (tertiary alicyclic amines) is 1. The maximum Gasteiger partial charge on any atom is 0.356 e. The van der Waals surface area contributed by atoms with Gasteiger partial charge in [0.25, 0.3) is 0 Å². The summed E-state index contributed by atoms with van der Waals surface area (Å²) in [7, 11) is 3.03. The van der Waals surface area contributed by atoms with Gasteiger partial charge in [-0.15, -0.1) is 0 Å². The fourth-order valence-corrected chi connectivity index (χ4v) is 4.04. The summed E-state index contributed by atoms with van der Waals surface area (Å²) in [6.07, 6.45) is 1.54. The molecule has 1 fully saturated rings. The first kappa shape index (κ1) is 24.4. The van der Waals surface area contributed by atoms with E-state index in [4.69, 9.17) is 18.9 Å². The fraction of sp³-hybridized carbons (Fsp3) is 0.522. The number of piperidine rings is 1. The monoisotopic (exact) mass is 461 g/mol. The summed E-state index contributed by atoms with van der Waals surface area (Å²) in [6, 6.07) is 3.39. The van der Waals surface area contributed by atoms with Gasteiger partial charge in [0.05, 0.1) is 51.1 Å². The smallest absolute Gasteiger partial charge is 0.356 e. The van der Waals surface area contributed by atoms with Crippen LogP contribution >= 0.6 is 0 Å². The molecule has 3 rings (SSSR count). The third kappa shape index (κ3) is 5.57. The molecule has 1 aromatic heterocycles. The van der Waals surface area contributed by atoms with E-state index in [1.54, 1.807) is 26.0 Å². The van der Waals surface area contributed by atoms with E-state index in [9.17, 15) is 14.4 Å². The number of esters is 2. The Morgan fingerprint density at radius 2 is 1.79 bits per heavy atom. The van der Waals surface area contributed by atoms with Crippen LogP contribution in [0.15, 0.2) is 12.1 Å². The molecule has 0 radical (unpaired) electrons. The predicted molar refractivity (Wildman–Crippen MR) is 122 cm³/mol. The van der Waals surface area contributed by atoms with E-state index in [2.05, 4.69) is 10.3 Å². The number of H-pyrrole nitrogens is 1. The number of hydrogen-bond acceptors (Lipinski definition) is 8. The first-order valence-electron chi connectivity index (χ1n) is 11.0. The van der Waals surface area contributed by atoms with Gasteiger partial charge in [0.15, 0.2) is 11.5 Å². The summed E-state index contributed by atoms with van der Waals surface area (Å²) < 4.78 is 21.0. The Morgan fingerprint density at radius 1 is 1.09 bits per heavy atom. The first-order chi connectivity index (χ1) is 15.9. The molecule has 0 spiro atoms. The van der Waals surface area contributed by atoms with Gasteiger partial charge < -0.3 is 29.2 Å². The number of aromatic nitrogens is 1. The van der Waals surface area contributed by atoms with Crippen LogP contribution < -0.4 is 14.8 Å². The van der Waals surface area contributed by atoms with Crippen LogP contribution in [0.4, 0.5) is 5.69 Å². The van der Waals surface area contributed by atoms with Gasteiger partial charge in [0.2, 0.25) is 5.91 Å². The molecule has 2 heterocycles. The molecule has 2 N–H and O–H groups in total. The van der Waals surface area contributed by atoms with Gasteiger partial charge in [0, 0.05) is 18.0 Å². The third-order valence-corrected chi connectivity index (χ3v) is 5.54. The molecule has 1 aliphatic rings. The number of benzene rings is 1. The molecule has 0 saturated carbocycles. The number of rotatable bonds is 9. The molecular formula is C23H31N3O7. The Kier molecular flexibility index (Phi) is 8.16. The largest absolute Gasteiger partial charge is 0.493 e. The molecule has 33 heavy (non-hydrogen) atoms. The summed E-state index contributed by atoms with van der Waals surface area (Å²) >= 11 is 0. The Labute approximate surface area is 192 Å². The van der Waals surface area contributed by atoms with Crippen molar-refractivity contribution in [3.05, 3.63) is 17.8 Å². The average Bonchev–Trinajstić information content (AvgIpc) is 3.15. The van der Waals surface area contributed by atoms with Crippen molar-refractivity contribution in [2.24, 2.45) is 5.92 Å². The predicted octanol–water partition coefficient (Wildman–Crippen LogP) is 2.58. The summed E-state index contributed by atoms with van der Waals surface area (Å²) in [5, 5.41) is 3.44. The van der Waals surface area contributed by atoms with E-state index in [1.165, 1.54) is 14.2 Å². The fourth-order valence-electron chi connectivity index (χ4n) is 4.04. The van der Waals surface area contributed by atoms with Crippen LogP contribution in [-0.4, -0.2) is 74.8 Å². The standard InChI is InChI=1S/C23H31N3O7/c1-5-32-22(28)14-8-7-9-26(12-14)13-19(27)25-20-15-10-17(30-3)18(31-4)11-16(15)24-21(20)23(29)33-6-2/h10-11,14,24H,5-9,12-13H2,1-4H3,(H,25,27)/t14-/m0/s1. The van der Waals surface area contributed by atoms with Crippen molar-refractivity contribution >= 4 is 34.4 Å². The lowest BCUT2D eigenvalue weighted by Gasteiger charge is -2.30. The second-order valence-electron chi connectivity index (χ2n) is 7.72. The number of amides is 1. The minimum absolute atomic E-state index is 0.0815. The highest BCUT2D eigenvalue weighted by atomic mass is 16.5. The van der Waals surface area contributed by atoms with Gasteiger partial charge in [0.1, 0.15) is 5.69 Å². The van der Waals surface area contributed by atoms with Crippen molar-refractivity contribution in [2.75, 3.05) is 52.4 Å². The van der Waals surface area contributed by atoms with Gasteiger partial charge in [-0.05, 0) is 39.3 Å². The summed E-state index contributed by atoms with van der Waals surface area (Å²) in [5.41, 5.74) is 1.04. The molecule has 1 amide bonds. The number of carbonyl (C=O) groups is 3. The average molecular weight is 462 g/mol. The van der Waals surface area contributed by atoms with Crippen molar-refractivity contribution in [1.29, 1.82) is 0 Å². The maximum atomic E-state index is 12.9. The minimum atomic E-state index is -0.581. The summed E-state index contributed by atoms with van der Waals surface area (Å²) in [6.45, 7) is 5.25. The zero-order valence-electron chi connectivity index (χ0n) is 19.5. The lowest BCUT2D eigenvalue weighted by molar-refractivity contribution is -0.150. The van der Waals surface area contributed by atoms with Crippen molar-refractivity contribution in [2.45, 2.75) is 26.7 Å². The zero-order chi connectivity index (χ0) is 24.0. The second kappa shape index (κ2) is 11.0. The molecular weight excluding hydrogens is 430 g/mol. The second-order valence-corrected chi connectivity index (χ2v) is 7.72. The van der Waals surface area contributed by atoms with E-state index in [1.807, 2.05) is 4.90 Å². The zero-order valence-corrected chi connectivity index (χ0v) is 19.5. The van der Waals surface area contributed by atoms with Gasteiger partial charge in [-0.25, -0.2) is 4.79 Å². The Morgan fingerprint density at radius 3 is 2.45 bits per heavy atom. The van der Waals surface area contributed by atoms with Crippen molar-refractivity contribution < 1.29 is 33.3 Å². The van der Waals surface area contributed by atoms with Crippen LogP contribution in [0.1, 0.15) is 37.2 Å².